The molecule has 1 N–H and O–H groups in total. The zero-order valence-electron chi connectivity index (χ0n) is 59.3. The van der Waals surface area contributed by atoms with Crippen LogP contribution in [0, 0.1) is 0 Å². The van der Waals surface area contributed by atoms with Crippen LogP contribution >= 0.6 is 0 Å². The number of unbranched alkanes of at least 4 members (excludes halogenated alkanes) is 44. The van der Waals surface area contributed by atoms with E-state index in [4.69, 9.17) is 18.9 Å². The molecule has 2 unspecified atom stereocenters. The van der Waals surface area contributed by atoms with E-state index in [2.05, 4.69) is 86.8 Å². The Morgan fingerprint density at radius 3 is 0.899 bits per heavy atom. The van der Waals surface area contributed by atoms with Crippen molar-refractivity contribution in [3.05, 3.63) is 72.9 Å². The third kappa shape index (κ3) is 72.0. The van der Waals surface area contributed by atoms with Crippen molar-refractivity contribution in [1.82, 2.24) is 0 Å². The maximum Gasteiger partial charge on any atom is 0.361 e. The molecule has 0 aliphatic heterocycles. The lowest BCUT2D eigenvalue weighted by Crippen LogP contribution is -2.40. The molecule has 9 nitrogen and oxygen atoms in total. The van der Waals surface area contributed by atoms with Crippen molar-refractivity contribution in [1.29, 1.82) is 0 Å². The molecule has 0 radical (unpaired) electrons. The number of ether oxygens (including phenoxy) is 4. The van der Waals surface area contributed by atoms with Crippen LogP contribution in [0.15, 0.2) is 72.9 Å². The van der Waals surface area contributed by atoms with Crippen LogP contribution in [0.1, 0.15) is 361 Å². The molecule has 0 aromatic heterocycles. The van der Waals surface area contributed by atoms with Crippen molar-refractivity contribution < 1.29 is 42.9 Å². The van der Waals surface area contributed by atoms with Crippen LogP contribution in [0.25, 0.3) is 0 Å². The number of carbonyl (C=O) groups excluding carboxylic acids is 2. The Morgan fingerprint density at radius 1 is 0.337 bits per heavy atom. The molecule has 0 aliphatic carbocycles. The molecule has 9 heteroatoms. The minimum atomic E-state index is -1.51. The number of esters is 2. The first-order chi connectivity index (χ1) is 43.6. The molecule has 0 bridgehead atoms. The van der Waals surface area contributed by atoms with Crippen molar-refractivity contribution in [2.24, 2.45) is 0 Å². The summed E-state index contributed by atoms with van der Waals surface area (Å²) in [5.74, 6) is -2.00. The molecule has 0 heterocycles. The molecule has 2 atom stereocenters. The number of rotatable bonds is 71. The Kier molecular flexibility index (Phi) is 68.0. The summed E-state index contributed by atoms with van der Waals surface area (Å²) in [6, 6.07) is 0. The molecule has 0 rings (SSSR count). The SMILES string of the molecule is CCCCCCC/C=C\C/C=C\C/C=C\CCCCCCCCCCCCCCCCCCCCCCCCCCCCC(=O)OC(COC(=O)CCCCCCCCCC/C=C\C/C=C\C/C=C\CCCCCCC)COC(OCC[N+](C)(C)C)C(=O)O. The number of hydrogen-bond acceptors (Lipinski definition) is 7. The van der Waals surface area contributed by atoms with Gasteiger partial charge in [0.2, 0.25) is 0 Å². The van der Waals surface area contributed by atoms with Gasteiger partial charge in [-0.1, -0.05) is 331 Å². The zero-order chi connectivity index (χ0) is 64.7. The lowest BCUT2D eigenvalue weighted by Gasteiger charge is -2.25. The van der Waals surface area contributed by atoms with Gasteiger partial charge in [0, 0.05) is 12.8 Å². The number of allylic oxidation sites excluding steroid dienone is 12. The van der Waals surface area contributed by atoms with Crippen molar-refractivity contribution >= 4 is 17.9 Å². The first-order valence-electron chi connectivity index (χ1n) is 38.1. The number of nitrogens with zero attached hydrogens (tertiary/aromatic N) is 1. The van der Waals surface area contributed by atoms with Gasteiger partial charge in [-0.2, -0.15) is 0 Å². The van der Waals surface area contributed by atoms with Gasteiger partial charge in [-0.15, -0.1) is 0 Å². The average Bonchev–Trinajstić information content (AvgIpc) is 3.64. The highest BCUT2D eigenvalue weighted by molar-refractivity contribution is 5.71. The summed E-state index contributed by atoms with van der Waals surface area (Å²) in [4.78, 5) is 37.6. The highest BCUT2D eigenvalue weighted by Gasteiger charge is 2.25. The third-order valence-corrected chi connectivity index (χ3v) is 16.9. The van der Waals surface area contributed by atoms with E-state index in [0.717, 1.165) is 77.0 Å². The van der Waals surface area contributed by atoms with Crippen molar-refractivity contribution in [2.75, 3.05) is 47.5 Å². The Morgan fingerprint density at radius 2 is 0.607 bits per heavy atom. The summed E-state index contributed by atoms with van der Waals surface area (Å²) in [5.41, 5.74) is 0. The van der Waals surface area contributed by atoms with Gasteiger partial charge in [-0.3, -0.25) is 9.59 Å². The van der Waals surface area contributed by atoms with E-state index in [1.807, 2.05) is 21.1 Å². The van der Waals surface area contributed by atoms with Crippen LogP contribution in [0.3, 0.4) is 0 Å². The van der Waals surface area contributed by atoms with Gasteiger partial charge in [0.15, 0.2) is 6.10 Å². The predicted octanol–water partition coefficient (Wildman–Crippen LogP) is 24.0. The van der Waals surface area contributed by atoms with Gasteiger partial charge in [0.05, 0.1) is 34.4 Å². The van der Waals surface area contributed by atoms with Gasteiger partial charge < -0.3 is 28.5 Å². The second-order valence-electron chi connectivity index (χ2n) is 27.0. The second kappa shape index (κ2) is 70.6. The third-order valence-electron chi connectivity index (χ3n) is 16.9. The van der Waals surface area contributed by atoms with Gasteiger partial charge in [0.1, 0.15) is 13.2 Å². The summed E-state index contributed by atoms with van der Waals surface area (Å²) in [6.45, 7) is 4.89. The van der Waals surface area contributed by atoms with Crippen molar-refractivity contribution in [2.45, 2.75) is 373 Å². The van der Waals surface area contributed by atoms with Crippen molar-refractivity contribution in [3.8, 4) is 0 Å². The van der Waals surface area contributed by atoms with E-state index in [1.54, 1.807) is 0 Å². The molecule has 0 aromatic carbocycles. The van der Waals surface area contributed by atoms with Gasteiger partial charge >= 0.3 is 17.9 Å². The predicted molar refractivity (Wildman–Crippen MR) is 383 cm³/mol. The van der Waals surface area contributed by atoms with Crippen LogP contribution < -0.4 is 0 Å². The fourth-order valence-corrected chi connectivity index (χ4v) is 11.1. The van der Waals surface area contributed by atoms with Gasteiger partial charge in [-0.25, -0.2) is 4.79 Å². The van der Waals surface area contributed by atoms with Crippen molar-refractivity contribution in [3.63, 3.8) is 0 Å². The highest BCUT2D eigenvalue weighted by atomic mass is 16.7. The summed E-state index contributed by atoms with van der Waals surface area (Å²) in [5, 5.41) is 9.75. The van der Waals surface area contributed by atoms with Gasteiger partial charge in [-0.05, 0) is 89.9 Å². The quantitative estimate of drug-likeness (QED) is 0.0211. The molecule has 0 aliphatic rings. The Hall–Kier alpha value is -3.27. The second-order valence-corrected chi connectivity index (χ2v) is 27.0. The molecule has 0 spiro atoms. The summed E-state index contributed by atoms with van der Waals surface area (Å²) in [6.07, 6.45) is 91.9. The zero-order valence-corrected chi connectivity index (χ0v) is 59.3. The molecular weight excluding hydrogens is 1100 g/mol. The molecule has 0 saturated heterocycles. The lowest BCUT2D eigenvalue weighted by molar-refractivity contribution is -0.870. The van der Waals surface area contributed by atoms with E-state index in [1.165, 1.54) is 257 Å². The van der Waals surface area contributed by atoms with Crippen LogP contribution in [-0.4, -0.2) is 87.4 Å². The van der Waals surface area contributed by atoms with Gasteiger partial charge in [0.25, 0.3) is 6.29 Å². The first kappa shape index (κ1) is 85.7. The molecule has 0 fully saturated rings. The number of aliphatic carboxylic acids is 1. The molecule has 0 amide bonds. The normalized spacial score (nSPS) is 13.0. The fraction of sp³-hybridized carbons (Fsp3) is 0.812. The lowest BCUT2D eigenvalue weighted by atomic mass is 10.0. The average molecular weight is 1250 g/mol. The monoisotopic (exact) mass is 1250 g/mol. The van der Waals surface area contributed by atoms with E-state index in [9.17, 15) is 19.5 Å². The summed E-state index contributed by atoms with van der Waals surface area (Å²) in [7, 11) is 5.98. The highest BCUT2D eigenvalue weighted by Crippen LogP contribution is 2.19. The van der Waals surface area contributed by atoms with Crippen LogP contribution in [0.5, 0.6) is 0 Å². The van der Waals surface area contributed by atoms with Crippen LogP contribution in [-0.2, 0) is 33.3 Å². The molecule has 518 valence electrons. The topological polar surface area (TPSA) is 108 Å². The number of hydrogen-bond donors (Lipinski definition) is 1. The number of carboxylic acids is 1. The minimum Gasteiger partial charge on any atom is -0.477 e. The summed E-state index contributed by atoms with van der Waals surface area (Å²) >= 11 is 0. The van der Waals surface area contributed by atoms with E-state index in [0.29, 0.717) is 17.4 Å². The van der Waals surface area contributed by atoms with Crippen LogP contribution in [0.2, 0.25) is 0 Å². The number of quaternary nitrogens is 1. The number of carboxylic acid groups (broad SMARTS) is 1. The summed E-state index contributed by atoms with van der Waals surface area (Å²) < 4.78 is 23.0. The fourth-order valence-electron chi connectivity index (χ4n) is 11.1. The van der Waals surface area contributed by atoms with E-state index >= 15 is 0 Å². The largest absolute Gasteiger partial charge is 0.477 e. The minimum absolute atomic E-state index is 0.184. The smallest absolute Gasteiger partial charge is 0.361 e. The van der Waals surface area contributed by atoms with Crippen LogP contribution in [0.4, 0.5) is 0 Å². The Labute approximate surface area is 551 Å². The Bertz CT molecular complexity index is 1690. The number of carbonyl (C=O) groups is 3. The molecule has 0 aromatic rings. The molecule has 89 heavy (non-hydrogen) atoms. The number of likely N-dealkylation sites (N-methyl/N-ethyl adjacent to an activating group) is 1. The maximum atomic E-state index is 13.0. The van der Waals surface area contributed by atoms with E-state index in [-0.39, 0.29) is 32.2 Å². The maximum absolute atomic E-state index is 13.0. The van der Waals surface area contributed by atoms with E-state index < -0.39 is 24.3 Å². The first-order valence-corrected chi connectivity index (χ1v) is 38.1. The molecule has 0 saturated carbocycles. The standard InChI is InChI=1S/C80H145NO8/c1-6-8-10-12-14-16-18-20-22-24-26-28-30-31-32-33-34-35-36-37-38-39-40-41-42-43-44-45-46-47-49-51-53-55-57-59-61-63-65-67-69-71-78(83)89-76(75-88-80(79(84)85)86-73-72-81(3,4)5)74-87-77(82)70-68-66-64-62-60-58-56-54-52-50-48-29-27-25-23-21-19-17-15-13-11-9-7-2/h18-21,24-27,30-31,48,50,76,80H,6-17,22-23,28-29,32-47,49,51-75H2,1-5H3/p+1/b20-18-,21-19-,26-24-,27-25-,31-30-,50-48-. The molecular formula is C80H146NO8+. The Balaban J connectivity index is 3.98.